The predicted molar refractivity (Wildman–Crippen MR) is 109 cm³/mol. The van der Waals surface area contributed by atoms with Crippen LogP contribution in [0, 0.1) is 0 Å². The highest BCUT2D eigenvalue weighted by molar-refractivity contribution is 5.67. The van der Waals surface area contributed by atoms with E-state index < -0.39 is 0 Å². The lowest BCUT2D eigenvalue weighted by Crippen LogP contribution is -2.10. The van der Waals surface area contributed by atoms with Crippen LogP contribution in [0.15, 0.2) is 61.7 Å². The van der Waals surface area contributed by atoms with Gasteiger partial charge in [0.25, 0.3) is 0 Å². The smallest absolute Gasteiger partial charge is 0.127 e. The second-order valence-corrected chi connectivity index (χ2v) is 8.60. The van der Waals surface area contributed by atoms with E-state index in [9.17, 15) is 0 Å². The Labute approximate surface area is 153 Å². The number of ether oxygens (including phenoxy) is 1. The Bertz CT molecular complexity index is 680. The summed E-state index contributed by atoms with van der Waals surface area (Å²) < 4.78 is 5.88. The summed E-state index contributed by atoms with van der Waals surface area (Å²) in [4.78, 5) is 0. The summed E-state index contributed by atoms with van der Waals surface area (Å²) >= 11 is 0. The van der Waals surface area contributed by atoms with Crippen LogP contribution in [0.4, 0.5) is 0 Å². The van der Waals surface area contributed by atoms with Crippen molar-refractivity contribution in [1.82, 2.24) is 0 Å². The molecular weight excluding hydrogens is 304 g/mol. The first-order valence-corrected chi connectivity index (χ1v) is 8.76. The molecule has 0 aliphatic carbocycles. The first-order chi connectivity index (χ1) is 11.5. The van der Waals surface area contributed by atoms with Gasteiger partial charge >= 0.3 is 0 Å². The van der Waals surface area contributed by atoms with Crippen LogP contribution >= 0.6 is 0 Å². The zero-order chi connectivity index (χ0) is 18.8. The fraction of sp³-hybridized carbons (Fsp3) is 0.333. The van der Waals surface area contributed by atoms with Gasteiger partial charge in [-0.05, 0) is 22.0 Å². The molecule has 0 aliphatic rings. The van der Waals surface area contributed by atoms with Crippen molar-refractivity contribution in [2.45, 2.75) is 52.4 Å². The SMILES string of the molecule is C=C(OC(=C)c1ccc(C(C)(C)C)cc1)c1ccc(C(C)(C)C)cc1. The monoisotopic (exact) mass is 334 g/mol. The lowest BCUT2D eigenvalue weighted by molar-refractivity contribution is 0.474. The van der Waals surface area contributed by atoms with Crippen molar-refractivity contribution in [3.8, 4) is 0 Å². The number of benzene rings is 2. The summed E-state index contributed by atoms with van der Waals surface area (Å²) in [5.74, 6) is 1.23. The minimum Gasteiger partial charge on any atom is -0.457 e. The van der Waals surface area contributed by atoms with Crippen molar-refractivity contribution >= 4 is 11.5 Å². The van der Waals surface area contributed by atoms with Crippen LogP contribution < -0.4 is 0 Å². The van der Waals surface area contributed by atoms with E-state index in [4.69, 9.17) is 4.74 Å². The van der Waals surface area contributed by atoms with Gasteiger partial charge in [0, 0.05) is 11.1 Å². The number of hydrogen-bond donors (Lipinski definition) is 0. The fourth-order valence-corrected chi connectivity index (χ4v) is 2.58. The van der Waals surface area contributed by atoms with Gasteiger partial charge in [0.15, 0.2) is 0 Å². The van der Waals surface area contributed by atoms with E-state index in [1.807, 2.05) is 0 Å². The molecule has 25 heavy (non-hydrogen) atoms. The van der Waals surface area contributed by atoms with Crippen LogP contribution in [0.1, 0.15) is 63.8 Å². The third-order valence-corrected chi connectivity index (χ3v) is 4.39. The quantitative estimate of drug-likeness (QED) is 0.550. The van der Waals surface area contributed by atoms with Gasteiger partial charge in [0.2, 0.25) is 0 Å². The molecule has 0 N–H and O–H groups in total. The molecule has 0 bridgehead atoms. The second kappa shape index (κ2) is 6.92. The Morgan fingerprint density at radius 1 is 0.600 bits per heavy atom. The van der Waals surface area contributed by atoms with Crippen LogP contribution in [0.2, 0.25) is 0 Å². The summed E-state index contributed by atoms with van der Waals surface area (Å²) in [6.45, 7) is 21.3. The Kier molecular flexibility index (Phi) is 5.27. The molecule has 0 aliphatic heterocycles. The maximum atomic E-state index is 5.88. The van der Waals surface area contributed by atoms with E-state index >= 15 is 0 Å². The first-order valence-electron chi connectivity index (χ1n) is 8.76. The molecule has 2 aromatic carbocycles. The summed E-state index contributed by atoms with van der Waals surface area (Å²) in [6, 6.07) is 16.7. The highest BCUT2D eigenvalue weighted by Gasteiger charge is 2.15. The van der Waals surface area contributed by atoms with Crippen molar-refractivity contribution in [3.05, 3.63) is 83.9 Å². The van der Waals surface area contributed by atoms with Crippen LogP contribution in [-0.4, -0.2) is 0 Å². The van der Waals surface area contributed by atoms with Gasteiger partial charge in [0.05, 0.1) is 0 Å². The Balaban J connectivity index is 2.08. The molecule has 0 aromatic heterocycles. The molecule has 0 spiro atoms. The lowest BCUT2D eigenvalue weighted by Gasteiger charge is -2.20. The molecule has 0 radical (unpaired) electrons. The molecule has 0 atom stereocenters. The third-order valence-electron chi connectivity index (χ3n) is 4.39. The van der Waals surface area contributed by atoms with Gasteiger partial charge in [0.1, 0.15) is 11.5 Å². The second-order valence-electron chi connectivity index (χ2n) is 8.60. The van der Waals surface area contributed by atoms with Gasteiger partial charge in [-0.2, -0.15) is 0 Å². The highest BCUT2D eigenvalue weighted by Crippen LogP contribution is 2.28. The maximum Gasteiger partial charge on any atom is 0.127 e. The minimum atomic E-state index is 0.138. The van der Waals surface area contributed by atoms with Gasteiger partial charge < -0.3 is 4.74 Å². The molecule has 132 valence electrons. The van der Waals surface area contributed by atoms with E-state index in [-0.39, 0.29) is 10.8 Å². The largest absolute Gasteiger partial charge is 0.457 e. The van der Waals surface area contributed by atoms with E-state index in [2.05, 4.69) is 103 Å². The third kappa shape index (κ3) is 4.85. The van der Waals surface area contributed by atoms with E-state index in [0.717, 1.165) is 11.1 Å². The van der Waals surface area contributed by atoms with E-state index in [1.54, 1.807) is 0 Å². The zero-order valence-electron chi connectivity index (χ0n) is 16.4. The average molecular weight is 335 g/mol. The molecule has 2 rings (SSSR count). The topological polar surface area (TPSA) is 9.23 Å². The first kappa shape index (κ1) is 19.1. The van der Waals surface area contributed by atoms with Crippen molar-refractivity contribution < 1.29 is 4.74 Å². The normalized spacial score (nSPS) is 11.9. The summed E-state index contributed by atoms with van der Waals surface area (Å²) in [5.41, 5.74) is 4.81. The van der Waals surface area contributed by atoms with Gasteiger partial charge in [-0.15, -0.1) is 0 Å². The molecule has 0 fully saturated rings. The maximum absolute atomic E-state index is 5.88. The minimum absolute atomic E-state index is 0.138. The van der Waals surface area contributed by atoms with Crippen LogP contribution in [0.5, 0.6) is 0 Å². The van der Waals surface area contributed by atoms with E-state index in [1.165, 1.54) is 11.1 Å². The summed E-state index contributed by atoms with van der Waals surface area (Å²) in [7, 11) is 0. The molecular formula is C24H30O. The molecule has 1 nitrogen and oxygen atoms in total. The standard InChI is InChI=1S/C24H30O/c1-17(19-9-13-21(14-10-19)23(3,4)5)25-18(2)20-11-15-22(16-12-20)24(6,7)8/h9-16H,1-2H2,3-8H3. The van der Waals surface area contributed by atoms with Gasteiger partial charge in [-0.3, -0.25) is 0 Å². The van der Waals surface area contributed by atoms with Crippen molar-refractivity contribution in [1.29, 1.82) is 0 Å². The Hall–Kier alpha value is -2.28. The highest BCUT2D eigenvalue weighted by atomic mass is 16.5. The number of rotatable bonds is 4. The molecule has 0 amide bonds. The zero-order valence-corrected chi connectivity index (χ0v) is 16.4. The average Bonchev–Trinajstić information content (AvgIpc) is 2.53. The Morgan fingerprint density at radius 2 is 0.880 bits per heavy atom. The van der Waals surface area contributed by atoms with Crippen molar-refractivity contribution in [2.24, 2.45) is 0 Å². The number of hydrogen-bond acceptors (Lipinski definition) is 1. The van der Waals surface area contributed by atoms with Crippen molar-refractivity contribution in [3.63, 3.8) is 0 Å². The summed E-state index contributed by atoms with van der Waals surface area (Å²) in [6.07, 6.45) is 0. The van der Waals surface area contributed by atoms with E-state index in [0.29, 0.717) is 11.5 Å². The summed E-state index contributed by atoms with van der Waals surface area (Å²) in [5, 5.41) is 0. The molecule has 0 saturated heterocycles. The molecule has 0 unspecified atom stereocenters. The fourth-order valence-electron chi connectivity index (χ4n) is 2.58. The van der Waals surface area contributed by atoms with Gasteiger partial charge in [-0.25, -0.2) is 0 Å². The Morgan fingerprint density at radius 3 is 1.12 bits per heavy atom. The molecule has 0 heterocycles. The van der Waals surface area contributed by atoms with Crippen LogP contribution in [0.3, 0.4) is 0 Å². The predicted octanol–water partition coefficient (Wildman–Crippen LogP) is 6.94. The molecule has 2 aromatic rings. The lowest BCUT2D eigenvalue weighted by atomic mass is 9.86. The molecule has 0 saturated carbocycles. The van der Waals surface area contributed by atoms with Crippen LogP contribution in [0.25, 0.3) is 11.5 Å². The van der Waals surface area contributed by atoms with Crippen molar-refractivity contribution in [2.75, 3.05) is 0 Å². The molecule has 1 heteroatoms. The van der Waals surface area contributed by atoms with Gasteiger partial charge in [-0.1, -0.05) is 103 Å². The van der Waals surface area contributed by atoms with Crippen LogP contribution in [-0.2, 0) is 15.6 Å².